The van der Waals surface area contributed by atoms with Gasteiger partial charge in [0.1, 0.15) is 11.4 Å². The minimum Gasteiger partial charge on any atom is -0.473 e. The first kappa shape index (κ1) is 17.6. The van der Waals surface area contributed by atoms with Crippen molar-refractivity contribution in [2.24, 2.45) is 0 Å². The summed E-state index contributed by atoms with van der Waals surface area (Å²) in [6, 6.07) is 8.79. The second-order valence-corrected chi connectivity index (χ2v) is 5.46. The summed E-state index contributed by atoms with van der Waals surface area (Å²) in [7, 11) is 0. The SMILES string of the molecule is CC(C)(C)OC(=O)NCCNC(=O)NCOc1ccccc1. The maximum absolute atomic E-state index is 11.5. The van der Waals surface area contributed by atoms with Gasteiger partial charge in [0.05, 0.1) is 0 Å². The van der Waals surface area contributed by atoms with E-state index in [4.69, 9.17) is 9.47 Å². The third-order valence-corrected chi connectivity index (χ3v) is 2.29. The number of carbonyl (C=O) groups excluding carboxylic acids is 2. The van der Waals surface area contributed by atoms with Gasteiger partial charge in [0.15, 0.2) is 6.73 Å². The van der Waals surface area contributed by atoms with E-state index in [0.717, 1.165) is 0 Å². The van der Waals surface area contributed by atoms with Crippen molar-refractivity contribution < 1.29 is 19.1 Å². The quantitative estimate of drug-likeness (QED) is 0.552. The van der Waals surface area contributed by atoms with Crippen LogP contribution < -0.4 is 20.7 Å². The van der Waals surface area contributed by atoms with Crippen LogP contribution in [0, 0.1) is 0 Å². The van der Waals surface area contributed by atoms with Gasteiger partial charge in [0, 0.05) is 13.1 Å². The van der Waals surface area contributed by atoms with Crippen molar-refractivity contribution in [1.82, 2.24) is 16.0 Å². The fourth-order valence-corrected chi connectivity index (χ4v) is 1.42. The Balaban J connectivity index is 2.05. The maximum Gasteiger partial charge on any atom is 0.407 e. The molecule has 7 heteroatoms. The molecular weight excluding hydrogens is 286 g/mol. The highest BCUT2D eigenvalue weighted by molar-refractivity contribution is 5.73. The Bertz CT molecular complexity index is 471. The number of hydrogen-bond donors (Lipinski definition) is 3. The predicted molar refractivity (Wildman–Crippen MR) is 82.7 cm³/mol. The standard InChI is InChI=1S/C15H23N3O4/c1-15(2,3)22-14(20)17-10-9-16-13(19)18-11-21-12-7-5-4-6-8-12/h4-8H,9-11H2,1-3H3,(H,17,20)(H2,16,18,19). The Morgan fingerprint density at radius 3 is 2.27 bits per heavy atom. The summed E-state index contributed by atoms with van der Waals surface area (Å²) < 4.78 is 10.4. The molecule has 1 aromatic rings. The van der Waals surface area contributed by atoms with Gasteiger partial charge in [-0.1, -0.05) is 18.2 Å². The Kier molecular flexibility index (Phi) is 7.01. The molecule has 0 aliphatic carbocycles. The van der Waals surface area contributed by atoms with E-state index in [-0.39, 0.29) is 25.9 Å². The Labute approximate surface area is 130 Å². The minimum atomic E-state index is -0.538. The number of alkyl carbamates (subject to hydrolysis) is 1. The lowest BCUT2D eigenvalue weighted by Crippen LogP contribution is -2.42. The van der Waals surface area contributed by atoms with E-state index in [1.54, 1.807) is 32.9 Å². The molecule has 0 aliphatic rings. The number of hydrogen-bond acceptors (Lipinski definition) is 4. The summed E-state index contributed by atoms with van der Waals surface area (Å²) in [5, 5.41) is 7.67. The van der Waals surface area contributed by atoms with Crippen molar-refractivity contribution in [1.29, 1.82) is 0 Å². The molecule has 0 fully saturated rings. The first-order valence-electron chi connectivity index (χ1n) is 7.03. The van der Waals surface area contributed by atoms with Crippen molar-refractivity contribution >= 4 is 12.1 Å². The van der Waals surface area contributed by atoms with Crippen molar-refractivity contribution in [3.05, 3.63) is 30.3 Å². The van der Waals surface area contributed by atoms with Gasteiger partial charge in [-0.2, -0.15) is 0 Å². The molecule has 3 amide bonds. The van der Waals surface area contributed by atoms with Crippen LogP contribution in [0.15, 0.2) is 30.3 Å². The molecule has 7 nitrogen and oxygen atoms in total. The van der Waals surface area contributed by atoms with Crippen LogP contribution in [0.1, 0.15) is 20.8 Å². The molecule has 1 aromatic carbocycles. The Hall–Kier alpha value is -2.44. The second-order valence-electron chi connectivity index (χ2n) is 5.46. The first-order chi connectivity index (χ1) is 10.4. The number of carbonyl (C=O) groups is 2. The van der Waals surface area contributed by atoms with Gasteiger partial charge in [-0.25, -0.2) is 9.59 Å². The Morgan fingerprint density at radius 2 is 1.64 bits per heavy atom. The van der Waals surface area contributed by atoms with Crippen LogP contribution in [0.4, 0.5) is 9.59 Å². The normalized spacial score (nSPS) is 10.5. The molecule has 3 N–H and O–H groups in total. The lowest BCUT2D eigenvalue weighted by molar-refractivity contribution is 0.0528. The van der Waals surface area contributed by atoms with Crippen LogP contribution >= 0.6 is 0 Å². The molecule has 0 spiro atoms. The molecule has 0 atom stereocenters. The average Bonchev–Trinajstić information content (AvgIpc) is 2.43. The predicted octanol–water partition coefficient (Wildman–Crippen LogP) is 1.85. The van der Waals surface area contributed by atoms with Crippen LogP contribution in [-0.2, 0) is 4.74 Å². The van der Waals surface area contributed by atoms with Gasteiger partial charge in [-0.3, -0.25) is 0 Å². The lowest BCUT2D eigenvalue weighted by atomic mass is 10.2. The fourth-order valence-electron chi connectivity index (χ4n) is 1.42. The van der Waals surface area contributed by atoms with Crippen LogP contribution in [0.5, 0.6) is 5.75 Å². The molecule has 122 valence electrons. The van der Waals surface area contributed by atoms with Gasteiger partial charge >= 0.3 is 12.1 Å². The zero-order valence-corrected chi connectivity index (χ0v) is 13.1. The molecule has 0 bridgehead atoms. The Morgan fingerprint density at radius 1 is 1.00 bits per heavy atom. The van der Waals surface area contributed by atoms with E-state index < -0.39 is 11.7 Å². The molecule has 0 saturated carbocycles. The van der Waals surface area contributed by atoms with E-state index in [1.807, 2.05) is 18.2 Å². The van der Waals surface area contributed by atoms with E-state index in [0.29, 0.717) is 5.75 Å². The van der Waals surface area contributed by atoms with Crippen molar-refractivity contribution in [2.45, 2.75) is 26.4 Å². The summed E-state index contributed by atoms with van der Waals surface area (Å²) in [5.74, 6) is 0.675. The number of rotatable bonds is 6. The van der Waals surface area contributed by atoms with Gasteiger partial charge in [-0.15, -0.1) is 0 Å². The summed E-state index contributed by atoms with van der Waals surface area (Å²) >= 11 is 0. The molecule has 0 heterocycles. The maximum atomic E-state index is 11.5. The zero-order valence-electron chi connectivity index (χ0n) is 13.1. The topological polar surface area (TPSA) is 88.7 Å². The number of benzene rings is 1. The van der Waals surface area contributed by atoms with Gasteiger partial charge in [-0.05, 0) is 32.9 Å². The van der Waals surface area contributed by atoms with Gasteiger partial charge < -0.3 is 25.4 Å². The van der Waals surface area contributed by atoms with Gasteiger partial charge in [0.25, 0.3) is 0 Å². The van der Waals surface area contributed by atoms with Crippen molar-refractivity contribution in [2.75, 3.05) is 19.8 Å². The number of ether oxygens (including phenoxy) is 2. The average molecular weight is 309 g/mol. The van der Waals surface area contributed by atoms with E-state index in [2.05, 4.69) is 16.0 Å². The van der Waals surface area contributed by atoms with Crippen LogP contribution in [-0.4, -0.2) is 37.5 Å². The molecule has 22 heavy (non-hydrogen) atoms. The number of nitrogens with one attached hydrogen (secondary N) is 3. The highest BCUT2D eigenvalue weighted by Gasteiger charge is 2.15. The molecule has 0 unspecified atom stereocenters. The lowest BCUT2D eigenvalue weighted by Gasteiger charge is -2.19. The molecular formula is C15H23N3O4. The molecule has 0 radical (unpaired) electrons. The number of para-hydroxylation sites is 1. The summed E-state index contributed by atoms with van der Waals surface area (Å²) in [6.45, 7) is 5.98. The van der Waals surface area contributed by atoms with Crippen molar-refractivity contribution in [3.8, 4) is 5.75 Å². The minimum absolute atomic E-state index is 0.0648. The van der Waals surface area contributed by atoms with Gasteiger partial charge in [0.2, 0.25) is 0 Å². The highest BCUT2D eigenvalue weighted by atomic mass is 16.6. The van der Waals surface area contributed by atoms with Crippen LogP contribution in [0.25, 0.3) is 0 Å². The summed E-state index contributed by atoms with van der Waals surface area (Å²) in [6.07, 6.45) is -0.512. The van der Waals surface area contributed by atoms with Crippen LogP contribution in [0.3, 0.4) is 0 Å². The molecule has 0 aliphatic heterocycles. The molecule has 0 saturated heterocycles. The third kappa shape index (κ3) is 8.68. The van der Waals surface area contributed by atoms with E-state index in [1.165, 1.54) is 0 Å². The number of amides is 3. The summed E-state index contributed by atoms with van der Waals surface area (Å²) in [4.78, 5) is 22.8. The molecule has 0 aromatic heterocycles. The third-order valence-electron chi connectivity index (χ3n) is 2.29. The highest BCUT2D eigenvalue weighted by Crippen LogP contribution is 2.07. The van der Waals surface area contributed by atoms with E-state index in [9.17, 15) is 9.59 Å². The zero-order chi connectivity index (χ0) is 16.4. The van der Waals surface area contributed by atoms with Crippen molar-refractivity contribution in [3.63, 3.8) is 0 Å². The second kappa shape index (κ2) is 8.76. The van der Waals surface area contributed by atoms with Crippen LogP contribution in [0.2, 0.25) is 0 Å². The largest absolute Gasteiger partial charge is 0.473 e. The number of urea groups is 1. The fraction of sp³-hybridized carbons (Fsp3) is 0.467. The summed E-state index contributed by atoms with van der Waals surface area (Å²) in [5.41, 5.74) is -0.538. The first-order valence-corrected chi connectivity index (χ1v) is 7.03. The van der Waals surface area contributed by atoms with E-state index >= 15 is 0 Å². The monoisotopic (exact) mass is 309 g/mol. The smallest absolute Gasteiger partial charge is 0.407 e. The molecule has 1 rings (SSSR count).